The number of hydrogen-bond acceptors (Lipinski definition) is 12. The number of carbonyl (C=O) groups is 5. The molecule has 12 aliphatic carbocycles. The molecule has 3 heterocycles. The van der Waals surface area contributed by atoms with Gasteiger partial charge in [0.05, 0.1) is 40.3 Å². The quantitative estimate of drug-likeness (QED) is 0.137. The van der Waals surface area contributed by atoms with Crippen molar-refractivity contribution in [3.63, 3.8) is 0 Å². The molecule has 14 bridgehead atoms. The first-order valence-electron chi connectivity index (χ1n) is 30.3. The fourth-order valence-corrected chi connectivity index (χ4v) is 17.6. The van der Waals surface area contributed by atoms with E-state index in [1.165, 1.54) is 70.6 Å². The second-order valence-corrected chi connectivity index (χ2v) is 28.5. The molecule has 0 aromatic heterocycles. The van der Waals surface area contributed by atoms with Crippen molar-refractivity contribution in [3.8, 4) is 0 Å². The number of esters is 5. The van der Waals surface area contributed by atoms with Crippen molar-refractivity contribution in [2.75, 3.05) is 0 Å². The number of carbonyl (C=O) groups excluding carboxylic acids is 5. The minimum absolute atomic E-state index is 0. The van der Waals surface area contributed by atoms with Crippen LogP contribution in [0.1, 0.15) is 284 Å². The summed E-state index contributed by atoms with van der Waals surface area (Å²) < 4.78 is 34.6. The maximum absolute atomic E-state index is 12.6. The van der Waals surface area contributed by atoms with Crippen molar-refractivity contribution < 1.29 is 57.5 Å². The van der Waals surface area contributed by atoms with Gasteiger partial charge in [0.1, 0.15) is 22.9 Å². The van der Waals surface area contributed by atoms with E-state index in [9.17, 15) is 29.1 Å². The monoisotopic (exact) mass is 1160 g/mol. The second-order valence-electron chi connectivity index (χ2n) is 28.5. The highest BCUT2D eigenvalue weighted by atomic mass is 16.7. The number of fused-ring (bicyclic) bond motifs is 1. The van der Waals surface area contributed by atoms with Crippen LogP contribution in [0.2, 0.25) is 0 Å². The summed E-state index contributed by atoms with van der Waals surface area (Å²) in [5, 5.41) is 10.6. The topological polar surface area (TPSA) is 161 Å². The zero-order chi connectivity index (χ0) is 53.5. The second kappa shape index (κ2) is 28.9. The van der Waals surface area contributed by atoms with E-state index in [0.29, 0.717) is 48.3 Å². The summed E-state index contributed by atoms with van der Waals surface area (Å²) in [6, 6.07) is 0. The summed E-state index contributed by atoms with van der Waals surface area (Å²) >= 11 is 0. The lowest BCUT2D eigenvalue weighted by atomic mass is 9.49. The van der Waals surface area contributed by atoms with Crippen LogP contribution < -0.4 is 0 Å². The zero-order valence-electron chi connectivity index (χ0n) is 47.8. The van der Waals surface area contributed by atoms with E-state index in [2.05, 4.69) is 27.7 Å². The van der Waals surface area contributed by atoms with Crippen LogP contribution in [0.15, 0.2) is 0 Å². The van der Waals surface area contributed by atoms with Gasteiger partial charge in [-0.25, -0.2) is 0 Å². The van der Waals surface area contributed by atoms with Gasteiger partial charge in [-0.3, -0.25) is 24.0 Å². The predicted molar refractivity (Wildman–Crippen MR) is 334 cm³/mol. The van der Waals surface area contributed by atoms with Crippen LogP contribution in [0.4, 0.5) is 0 Å². The lowest BCUT2D eigenvalue weighted by molar-refractivity contribution is -0.222. The van der Waals surface area contributed by atoms with Crippen molar-refractivity contribution >= 4 is 29.8 Å². The molecular formula is C70H130O12. The van der Waals surface area contributed by atoms with Gasteiger partial charge >= 0.3 is 29.8 Å². The zero-order valence-corrected chi connectivity index (χ0v) is 47.8. The van der Waals surface area contributed by atoms with E-state index in [1.54, 1.807) is 0 Å². The normalized spacial score (nSPS) is 40.1. The Balaban J connectivity index is 0.000000530. The Morgan fingerprint density at radius 3 is 1.39 bits per heavy atom. The Hall–Kier alpha value is -2.73. The minimum atomic E-state index is -0.542. The van der Waals surface area contributed by atoms with Crippen LogP contribution >= 0.6 is 0 Å². The number of aliphatic hydroxyl groups is 1. The average Bonchev–Trinajstić information content (AvgIpc) is 3.99. The highest BCUT2D eigenvalue weighted by molar-refractivity contribution is 5.78. The van der Waals surface area contributed by atoms with Gasteiger partial charge in [0, 0.05) is 6.42 Å². The van der Waals surface area contributed by atoms with Crippen LogP contribution in [0.3, 0.4) is 0 Å². The van der Waals surface area contributed by atoms with Gasteiger partial charge in [-0.2, -0.15) is 0 Å². The smallest absolute Gasteiger partial charge is 0.312 e. The van der Waals surface area contributed by atoms with Gasteiger partial charge in [-0.15, -0.1) is 0 Å². The third-order valence-corrected chi connectivity index (χ3v) is 22.7. The number of hydrogen-bond donors (Lipinski definition) is 1. The SMILES string of the molecule is C.C.C.C.C.C.C.C.CCC(C)(C)C(=O)OC1(C)C2CC3CC(C2)CC1C3.CCC(C)(C)C(=O)OC1(CC)C2CC3CC(C2)CC1C3.CCC(C)C(=O)OC12CC3CC(CC(O)(C3)C1)C2.CCC(C)C(=O)OC1C2CC3C(=O)OC1C3O2. The maximum atomic E-state index is 12.6. The molecule has 15 aliphatic rings. The highest BCUT2D eigenvalue weighted by Gasteiger charge is 2.66. The molecule has 9 unspecified atom stereocenters. The molecular weight excluding hydrogens is 1030 g/mol. The Morgan fingerprint density at radius 2 is 0.976 bits per heavy atom. The van der Waals surface area contributed by atoms with E-state index in [1.807, 2.05) is 55.4 Å². The van der Waals surface area contributed by atoms with Crippen molar-refractivity contribution in [2.24, 2.45) is 87.8 Å². The molecule has 1 N–H and O–H groups in total. The van der Waals surface area contributed by atoms with E-state index in [-0.39, 0.29) is 153 Å². The Labute approximate surface area is 503 Å². The van der Waals surface area contributed by atoms with Crippen LogP contribution in [-0.4, -0.2) is 81.8 Å². The van der Waals surface area contributed by atoms with Crippen molar-refractivity contribution in [3.05, 3.63) is 0 Å². The first kappa shape index (κ1) is 77.3. The molecule has 0 spiro atoms. The Morgan fingerprint density at radius 1 is 0.561 bits per heavy atom. The lowest BCUT2D eigenvalue weighted by Crippen LogP contribution is -2.60. The molecule has 12 heteroatoms. The molecule has 3 saturated heterocycles. The van der Waals surface area contributed by atoms with E-state index in [4.69, 9.17) is 28.4 Å². The van der Waals surface area contributed by atoms with Crippen LogP contribution in [0.5, 0.6) is 0 Å². The molecule has 0 amide bonds. The van der Waals surface area contributed by atoms with Crippen molar-refractivity contribution in [1.82, 2.24) is 0 Å². The predicted octanol–water partition coefficient (Wildman–Crippen LogP) is 17.2. The van der Waals surface area contributed by atoms with Crippen LogP contribution in [0.25, 0.3) is 0 Å². The largest absolute Gasteiger partial charge is 0.459 e. The van der Waals surface area contributed by atoms with Gasteiger partial charge in [0.15, 0.2) is 12.2 Å². The standard InChI is InChI=1S/C18H30O2.C17H28O2.C15H24O3.C12H16O5.8CH4/c1-5-17(3,4)16(19)20-18(6-2)14-8-12-7-13(10-14)11-15(18)9-12;1-5-16(2,3)15(18)19-17(4)13-7-11-6-12(9-13)10-14(17)8-11;1-3-10(2)13(16)18-15-7-11-4-12(8-15)6-14(17,5-11)9-15;1-3-5(2)11(13)16-9-7-4-6-8(15-7)10(9)17-12(6)14;;;;;;;;/h12-15H,5-11H2,1-4H3;11-14H,5-10H2,1-4H3;10-12,17H,3-9H2,1-2H3;5-10H,3-4H2,1-2H3;8*1H4. The first-order chi connectivity index (χ1) is 34.8. The van der Waals surface area contributed by atoms with Gasteiger partial charge < -0.3 is 33.5 Å². The Kier molecular flexibility index (Phi) is 27.2. The number of ether oxygens (including phenoxy) is 6. The fraction of sp³-hybridized carbons (Fsp3) is 0.929. The van der Waals surface area contributed by atoms with E-state index >= 15 is 0 Å². The number of rotatable bonds is 13. The molecule has 0 aromatic rings. The molecule has 15 rings (SSSR count). The molecule has 0 radical (unpaired) electrons. The summed E-state index contributed by atoms with van der Waals surface area (Å²) in [4.78, 5) is 60.4. The first-order valence-corrected chi connectivity index (χ1v) is 30.3. The van der Waals surface area contributed by atoms with Gasteiger partial charge in [-0.1, -0.05) is 108 Å². The molecule has 12 saturated carbocycles. The fourth-order valence-electron chi connectivity index (χ4n) is 17.6. The van der Waals surface area contributed by atoms with Gasteiger partial charge in [0.2, 0.25) is 0 Å². The van der Waals surface area contributed by atoms with E-state index in [0.717, 1.165) is 81.5 Å². The van der Waals surface area contributed by atoms with Crippen LogP contribution in [0, 0.1) is 87.8 Å². The molecule has 482 valence electrons. The summed E-state index contributed by atoms with van der Waals surface area (Å²) in [5.41, 5.74) is -1.85. The summed E-state index contributed by atoms with van der Waals surface area (Å²) in [6.45, 7) is 24.4. The maximum Gasteiger partial charge on any atom is 0.312 e. The highest BCUT2D eigenvalue weighted by Crippen LogP contribution is 2.63. The van der Waals surface area contributed by atoms with Crippen LogP contribution in [-0.2, 0) is 52.4 Å². The minimum Gasteiger partial charge on any atom is -0.459 e. The van der Waals surface area contributed by atoms with Crippen molar-refractivity contribution in [1.29, 1.82) is 0 Å². The molecule has 3 aliphatic heterocycles. The average molecular weight is 1160 g/mol. The third-order valence-electron chi connectivity index (χ3n) is 22.7. The third kappa shape index (κ3) is 14.6. The lowest BCUT2D eigenvalue weighted by Gasteiger charge is -2.60. The van der Waals surface area contributed by atoms with Crippen molar-refractivity contribution in [2.45, 2.75) is 331 Å². The molecule has 12 nitrogen and oxygen atoms in total. The van der Waals surface area contributed by atoms with E-state index < -0.39 is 11.7 Å². The summed E-state index contributed by atoms with van der Waals surface area (Å²) in [5.74, 6) is 6.65. The van der Waals surface area contributed by atoms with Gasteiger partial charge in [-0.05, 0) is 229 Å². The summed E-state index contributed by atoms with van der Waals surface area (Å²) in [6.07, 6.45) is 22.8. The molecule has 9 atom stereocenters. The summed E-state index contributed by atoms with van der Waals surface area (Å²) in [7, 11) is 0. The molecule has 15 fully saturated rings. The molecule has 0 aromatic carbocycles. The molecule has 82 heavy (non-hydrogen) atoms. The van der Waals surface area contributed by atoms with Gasteiger partial charge in [0.25, 0.3) is 0 Å². The Bertz CT molecular complexity index is 2020.